The normalized spacial score (nSPS) is 12.7. The van der Waals surface area contributed by atoms with Gasteiger partial charge in [0, 0.05) is 10.5 Å². The van der Waals surface area contributed by atoms with E-state index < -0.39 is 0 Å². The first-order valence-electron chi connectivity index (χ1n) is 6.06. The van der Waals surface area contributed by atoms with Crippen molar-refractivity contribution < 1.29 is 0 Å². The van der Waals surface area contributed by atoms with Gasteiger partial charge in [0.15, 0.2) is 0 Å². The molecule has 18 heavy (non-hydrogen) atoms. The van der Waals surface area contributed by atoms with Crippen molar-refractivity contribution in [3.05, 3.63) is 55.7 Å². The number of hydrogen-bond acceptors (Lipinski definition) is 2. The van der Waals surface area contributed by atoms with Gasteiger partial charge in [-0.3, -0.25) is 0 Å². The molecule has 1 aromatic carbocycles. The molecule has 0 saturated heterocycles. The van der Waals surface area contributed by atoms with Gasteiger partial charge in [0.1, 0.15) is 0 Å². The lowest BCUT2D eigenvalue weighted by atomic mass is 9.97. The standard InChI is InChI=1S/C15H18BrNS/c1-10-6-13(7-11(2)15(10)16)14(17-3)8-12-4-5-18-9-12/h4-7,9,14,17H,8H2,1-3H3. The van der Waals surface area contributed by atoms with Crippen LogP contribution < -0.4 is 5.32 Å². The smallest absolute Gasteiger partial charge is 0.0358 e. The summed E-state index contributed by atoms with van der Waals surface area (Å²) in [5.74, 6) is 0. The fraction of sp³-hybridized carbons (Fsp3) is 0.333. The number of aryl methyl sites for hydroxylation is 2. The molecule has 3 heteroatoms. The van der Waals surface area contributed by atoms with Crippen LogP contribution in [0.3, 0.4) is 0 Å². The third kappa shape index (κ3) is 3.02. The van der Waals surface area contributed by atoms with Crippen LogP contribution in [0.2, 0.25) is 0 Å². The highest BCUT2D eigenvalue weighted by atomic mass is 79.9. The van der Waals surface area contributed by atoms with Gasteiger partial charge < -0.3 is 5.32 Å². The van der Waals surface area contributed by atoms with Crippen LogP contribution in [0.5, 0.6) is 0 Å². The Balaban J connectivity index is 2.27. The fourth-order valence-corrected chi connectivity index (χ4v) is 3.12. The van der Waals surface area contributed by atoms with Gasteiger partial charge in [-0.15, -0.1) is 0 Å². The molecular formula is C15H18BrNS. The predicted octanol–water partition coefficient (Wildman–Crippen LogP) is 4.63. The topological polar surface area (TPSA) is 12.0 Å². The average Bonchev–Trinajstić information content (AvgIpc) is 2.85. The van der Waals surface area contributed by atoms with E-state index in [0.717, 1.165) is 6.42 Å². The van der Waals surface area contributed by atoms with Crippen LogP contribution in [0.4, 0.5) is 0 Å². The zero-order valence-electron chi connectivity index (χ0n) is 11.0. The highest BCUT2D eigenvalue weighted by Crippen LogP contribution is 2.27. The number of halogens is 1. The maximum Gasteiger partial charge on any atom is 0.0358 e. The van der Waals surface area contributed by atoms with Gasteiger partial charge in [0.25, 0.3) is 0 Å². The fourth-order valence-electron chi connectivity index (χ4n) is 2.21. The highest BCUT2D eigenvalue weighted by molar-refractivity contribution is 9.10. The number of rotatable bonds is 4. The Kier molecular flexibility index (Phi) is 4.60. The van der Waals surface area contributed by atoms with E-state index in [1.807, 2.05) is 7.05 Å². The van der Waals surface area contributed by atoms with Crippen LogP contribution in [-0.4, -0.2) is 7.05 Å². The van der Waals surface area contributed by atoms with Crippen molar-refractivity contribution in [2.24, 2.45) is 0 Å². The third-order valence-corrected chi connectivity index (χ3v) is 5.21. The second-order valence-electron chi connectivity index (χ2n) is 4.65. The lowest BCUT2D eigenvalue weighted by Crippen LogP contribution is -2.19. The molecule has 0 aliphatic rings. The van der Waals surface area contributed by atoms with Crippen molar-refractivity contribution >= 4 is 27.3 Å². The first kappa shape index (κ1) is 13.8. The number of nitrogens with one attached hydrogen (secondary N) is 1. The van der Waals surface area contributed by atoms with Crippen molar-refractivity contribution in [3.63, 3.8) is 0 Å². The summed E-state index contributed by atoms with van der Waals surface area (Å²) in [6.07, 6.45) is 1.04. The van der Waals surface area contributed by atoms with E-state index in [9.17, 15) is 0 Å². The predicted molar refractivity (Wildman–Crippen MR) is 83.4 cm³/mol. The van der Waals surface area contributed by atoms with Crippen molar-refractivity contribution in [1.82, 2.24) is 5.32 Å². The maximum absolute atomic E-state index is 3.63. The number of likely N-dealkylation sites (N-methyl/N-ethyl adjacent to an activating group) is 1. The van der Waals surface area contributed by atoms with Crippen LogP contribution in [0.1, 0.15) is 28.3 Å². The molecule has 2 aromatic rings. The Bertz CT molecular complexity index is 496. The maximum atomic E-state index is 3.63. The molecule has 1 unspecified atom stereocenters. The van der Waals surface area contributed by atoms with Gasteiger partial charge in [-0.05, 0) is 66.4 Å². The van der Waals surface area contributed by atoms with E-state index in [0.29, 0.717) is 6.04 Å². The van der Waals surface area contributed by atoms with E-state index in [1.165, 1.54) is 26.7 Å². The minimum absolute atomic E-state index is 0.380. The summed E-state index contributed by atoms with van der Waals surface area (Å²) in [4.78, 5) is 0. The van der Waals surface area contributed by atoms with Crippen LogP contribution >= 0.6 is 27.3 Å². The highest BCUT2D eigenvalue weighted by Gasteiger charge is 2.12. The lowest BCUT2D eigenvalue weighted by molar-refractivity contribution is 0.592. The molecule has 1 N–H and O–H groups in total. The monoisotopic (exact) mass is 323 g/mol. The largest absolute Gasteiger partial charge is 0.313 e. The van der Waals surface area contributed by atoms with Crippen molar-refractivity contribution in [2.75, 3.05) is 7.05 Å². The van der Waals surface area contributed by atoms with Gasteiger partial charge in [0.2, 0.25) is 0 Å². The van der Waals surface area contributed by atoms with Crippen LogP contribution in [-0.2, 0) is 6.42 Å². The second kappa shape index (κ2) is 6.00. The summed E-state index contributed by atoms with van der Waals surface area (Å²) in [6.45, 7) is 4.30. The van der Waals surface area contributed by atoms with E-state index in [-0.39, 0.29) is 0 Å². The molecule has 1 nitrogen and oxygen atoms in total. The van der Waals surface area contributed by atoms with Gasteiger partial charge in [-0.1, -0.05) is 28.1 Å². The Labute approximate surface area is 121 Å². The van der Waals surface area contributed by atoms with Crippen LogP contribution in [0.25, 0.3) is 0 Å². The lowest BCUT2D eigenvalue weighted by Gasteiger charge is -2.18. The first-order valence-corrected chi connectivity index (χ1v) is 7.80. The van der Waals surface area contributed by atoms with Crippen LogP contribution in [0, 0.1) is 13.8 Å². The zero-order valence-corrected chi connectivity index (χ0v) is 13.4. The number of benzene rings is 1. The molecule has 1 aromatic heterocycles. The number of hydrogen-bond donors (Lipinski definition) is 1. The first-order chi connectivity index (χ1) is 8.61. The summed E-state index contributed by atoms with van der Waals surface area (Å²) in [5.41, 5.74) is 5.37. The molecule has 0 fully saturated rings. The molecule has 0 aliphatic carbocycles. The Morgan fingerprint density at radius 3 is 2.44 bits per heavy atom. The average molecular weight is 324 g/mol. The Morgan fingerprint density at radius 2 is 1.94 bits per heavy atom. The number of thiophene rings is 1. The van der Waals surface area contributed by atoms with Crippen LogP contribution in [0.15, 0.2) is 33.4 Å². The molecule has 0 bridgehead atoms. The molecule has 1 atom stereocenters. The van der Waals surface area contributed by atoms with E-state index in [4.69, 9.17) is 0 Å². The van der Waals surface area contributed by atoms with Gasteiger partial charge >= 0.3 is 0 Å². The molecule has 0 spiro atoms. The summed E-state index contributed by atoms with van der Waals surface area (Å²) < 4.78 is 1.22. The molecule has 0 amide bonds. The SMILES string of the molecule is CNC(Cc1ccsc1)c1cc(C)c(Br)c(C)c1. The van der Waals surface area contributed by atoms with E-state index >= 15 is 0 Å². The van der Waals surface area contributed by atoms with Gasteiger partial charge in [-0.25, -0.2) is 0 Å². The minimum Gasteiger partial charge on any atom is -0.313 e. The summed E-state index contributed by atoms with van der Waals surface area (Å²) >= 11 is 5.39. The van der Waals surface area contributed by atoms with Gasteiger partial charge in [0.05, 0.1) is 0 Å². The molecule has 1 heterocycles. The van der Waals surface area contributed by atoms with E-state index in [2.05, 4.69) is 64.1 Å². The van der Waals surface area contributed by atoms with Gasteiger partial charge in [-0.2, -0.15) is 11.3 Å². The molecule has 2 rings (SSSR count). The van der Waals surface area contributed by atoms with E-state index in [1.54, 1.807) is 11.3 Å². The van der Waals surface area contributed by atoms with Crippen molar-refractivity contribution in [3.8, 4) is 0 Å². The molecule has 0 aliphatic heterocycles. The zero-order chi connectivity index (χ0) is 13.1. The summed E-state index contributed by atoms with van der Waals surface area (Å²) in [5, 5.41) is 7.78. The minimum atomic E-state index is 0.380. The second-order valence-corrected chi connectivity index (χ2v) is 6.22. The van der Waals surface area contributed by atoms with Crippen molar-refractivity contribution in [2.45, 2.75) is 26.3 Å². The Hall–Kier alpha value is -0.640. The van der Waals surface area contributed by atoms with Crippen molar-refractivity contribution in [1.29, 1.82) is 0 Å². The molecule has 96 valence electrons. The molecule has 0 radical (unpaired) electrons. The third-order valence-electron chi connectivity index (χ3n) is 3.23. The quantitative estimate of drug-likeness (QED) is 0.864. The molecular weight excluding hydrogens is 306 g/mol. The molecule has 0 saturated carbocycles. The summed E-state index contributed by atoms with van der Waals surface area (Å²) in [7, 11) is 2.03. The summed E-state index contributed by atoms with van der Waals surface area (Å²) in [6, 6.07) is 7.12. The Morgan fingerprint density at radius 1 is 1.28 bits per heavy atom.